The molecule has 1 amide bonds. The second-order valence-corrected chi connectivity index (χ2v) is 7.51. The molecule has 0 bridgehead atoms. The van der Waals surface area contributed by atoms with E-state index in [-0.39, 0.29) is 18.1 Å². The first kappa shape index (κ1) is 17.7. The van der Waals surface area contributed by atoms with Gasteiger partial charge < -0.3 is 14.5 Å². The summed E-state index contributed by atoms with van der Waals surface area (Å²) >= 11 is 1.78. The summed E-state index contributed by atoms with van der Waals surface area (Å²) in [4.78, 5) is 24.1. The molecule has 1 aromatic carbocycles. The number of hydrogen-bond donors (Lipinski definition) is 1. The van der Waals surface area contributed by atoms with E-state index in [1.54, 1.807) is 35.5 Å². The molecule has 2 aromatic heterocycles. The van der Waals surface area contributed by atoms with Crippen molar-refractivity contribution in [1.29, 1.82) is 0 Å². The number of nitrogens with one attached hydrogen (secondary N) is 1. The standard InChI is InChI=1S/C19H19N3O4S/c1-10-11(2)19(24)26-16-6-12(4-5-13(10)16)25-7-17(23)20-18-14-8-27-9-15(14)21-22(18)3/h4-6H,7-9H2,1-3H3,(H,20,23). The van der Waals surface area contributed by atoms with E-state index < -0.39 is 0 Å². The topological polar surface area (TPSA) is 86.4 Å². The summed E-state index contributed by atoms with van der Waals surface area (Å²) in [6.45, 7) is 3.48. The van der Waals surface area contributed by atoms with Gasteiger partial charge in [0.25, 0.3) is 5.91 Å². The first-order chi connectivity index (χ1) is 12.9. The van der Waals surface area contributed by atoms with E-state index in [0.717, 1.165) is 39.5 Å². The van der Waals surface area contributed by atoms with Crippen molar-refractivity contribution in [1.82, 2.24) is 9.78 Å². The minimum atomic E-state index is -0.363. The van der Waals surface area contributed by atoms with Crippen LogP contribution in [0, 0.1) is 13.8 Å². The largest absolute Gasteiger partial charge is 0.484 e. The molecule has 0 atom stereocenters. The smallest absolute Gasteiger partial charge is 0.339 e. The number of anilines is 1. The summed E-state index contributed by atoms with van der Waals surface area (Å²) in [7, 11) is 1.81. The maximum atomic E-state index is 12.3. The number of carbonyl (C=O) groups is 1. The van der Waals surface area contributed by atoms with Crippen LogP contribution in [-0.4, -0.2) is 22.3 Å². The summed E-state index contributed by atoms with van der Waals surface area (Å²) in [6.07, 6.45) is 0. The molecule has 0 aliphatic carbocycles. The Balaban J connectivity index is 1.48. The molecule has 1 N–H and O–H groups in total. The van der Waals surface area contributed by atoms with Crippen LogP contribution in [-0.2, 0) is 23.3 Å². The van der Waals surface area contributed by atoms with Crippen molar-refractivity contribution in [3.8, 4) is 5.75 Å². The van der Waals surface area contributed by atoms with Gasteiger partial charge in [0.15, 0.2) is 6.61 Å². The Morgan fingerprint density at radius 3 is 2.96 bits per heavy atom. The number of nitrogens with zero attached hydrogens (tertiary/aromatic N) is 2. The van der Waals surface area contributed by atoms with Crippen LogP contribution in [0.4, 0.5) is 5.82 Å². The Labute approximate surface area is 159 Å². The van der Waals surface area contributed by atoms with E-state index in [4.69, 9.17) is 9.15 Å². The highest BCUT2D eigenvalue weighted by Gasteiger charge is 2.22. The first-order valence-electron chi connectivity index (χ1n) is 8.53. The minimum absolute atomic E-state index is 0.145. The highest BCUT2D eigenvalue weighted by atomic mass is 32.2. The minimum Gasteiger partial charge on any atom is -0.484 e. The molecule has 7 nitrogen and oxygen atoms in total. The van der Waals surface area contributed by atoms with Gasteiger partial charge in [-0.1, -0.05) is 0 Å². The van der Waals surface area contributed by atoms with Crippen molar-refractivity contribution in [3.63, 3.8) is 0 Å². The zero-order valence-electron chi connectivity index (χ0n) is 15.3. The molecule has 0 spiro atoms. The average molecular weight is 385 g/mol. The molecule has 0 unspecified atom stereocenters. The van der Waals surface area contributed by atoms with Crippen LogP contribution in [0.1, 0.15) is 22.4 Å². The monoisotopic (exact) mass is 385 g/mol. The fourth-order valence-corrected chi connectivity index (χ4v) is 4.17. The third kappa shape index (κ3) is 3.21. The van der Waals surface area contributed by atoms with Gasteiger partial charge in [0, 0.05) is 41.1 Å². The van der Waals surface area contributed by atoms with Crippen LogP contribution >= 0.6 is 11.8 Å². The Morgan fingerprint density at radius 1 is 1.33 bits per heavy atom. The zero-order valence-corrected chi connectivity index (χ0v) is 16.1. The van der Waals surface area contributed by atoms with E-state index in [9.17, 15) is 9.59 Å². The van der Waals surface area contributed by atoms with Crippen LogP contribution in [0.15, 0.2) is 27.4 Å². The zero-order chi connectivity index (χ0) is 19.1. The number of thioether (sulfide) groups is 1. The average Bonchev–Trinajstić information content (AvgIpc) is 3.20. The maximum absolute atomic E-state index is 12.3. The van der Waals surface area contributed by atoms with Gasteiger partial charge in [-0.25, -0.2) is 4.79 Å². The van der Waals surface area contributed by atoms with Gasteiger partial charge >= 0.3 is 5.63 Å². The van der Waals surface area contributed by atoms with Gasteiger partial charge in [0.2, 0.25) is 0 Å². The Morgan fingerprint density at radius 2 is 2.15 bits per heavy atom. The van der Waals surface area contributed by atoms with Gasteiger partial charge in [0.1, 0.15) is 17.2 Å². The van der Waals surface area contributed by atoms with Crippen LogP contribution in [0.25, 0.3) is 11.0 Å². The number of hydrogen-bond acceptors (Lipinski definition) is 6. The molecular formula is C19H19N3O4S. The Kier molecular flexibility index (Phi) is 4.43. The summed E-state index contributed by atoms with van der Waals surface area (Å²) in [5.41, 5.74) is 3.66. The predicted octanol–water partition coefficient (Wildman–Crippen LogP) is 2.91. The van der Waals surface area contributed by atoms with E-state index in [1.165, 1.54) is 0 Å². The highest BCUT2D eigenvalue weighted by molar-refractivity contribution is 7.98. The SMILES string of the molecule is Cc1c(C)c2ccc(OCC(=O)Nc3c4c(nn3C)CSC4)cc2oc1=O. The second-order valence-electron chi connectivity index (χ2n) is 6.52. The van der Waals surface area contributed by atoms with Gasteiger partial charge in [-0.3, -0.25) is 9.48 Å². The molecule has 8 heteroatoms. The third-order valence-corrected chi connectivity index (χ3v) is 5.74. The van der Waals surface area contributed by atoms with E-state index >= 15 is 0 Å². The number of aryl methyl sites for hydroxylation is 2. The summed E-state index contributed by atoms with van der Waals surface area (Å²) in [5.74, 6) is 2.65. The van der Waals surface area contributed by atoms with Crippen molar-refractivity contribution < 1.29 is 13.9 Å². The molecule has 1 aliphatic rings. The molecule has 0 fully saturated rings. The normalized spacial score (nSPS) is 13.0. The molecule has 3 heterocycles. The first-order valence-corrected chi connectivity index (χ1v) is 9.68. The predicted molar refractivity (Wildman–Crippen MR) is 104 cm³/mol. The summed E-state index contributed by atoms with van der Waals surface area (Å²) in [5, 5.41) is 8.15. The van der Waals surface area contributed by atoms with Crippen LogP contribution in [0.5, 0.6) is 5.75 Å². The van der Waals surface area contributed by atoms with Gasteiger partial charge in [-0.2, -0.15) is 16.9 Å². The van der Waals surface area contributed by atoms with Crippen molar-refractivity contribution in [2.24, 2.45) is 7.05 Å². The number of fused-ring (bicyclic) bond motifs is 2. The number of rotatable bonds is 4. The molecule has 3 aromatic rings. The summed E-state index contributed by atoms with van der Waals surface area (Å²) in [6, 6.07) is 5.23. The lowest BCUT2D eigenvalue weighted by Gasteiger charge is -2.10. The fourth-order valence-electron chi connectivity index (χ4n) is 3.13. The molecular weight excluding hydrogens is 366 g/mol. The lowest BCUT2D eigenvalue weighted by atomic mass is 10.1. The van der Waals surface area contributed by atoms with Crippen molar-refractivity contribution in [2.75, 3.05) is 11.9 Å². The van der Waals surface area contributed by atoms with Crippen molar-refractivity contribution in [3.05, 3.63) is 51.0 Å². The lowest BCUT2D eigenvalue weighted by molar-refractivity contribution is -0.118. The molecule has 0 saturated carbocycles. The number of carbonyl (C=O) groups excluding carboxylic acids is 1. The number of ether oxygens (including phenoxy) is 1. The Bertz CT molecular complexity index is 1120. The highest BCUT2D eigenvalue weighted by Crippen LogP contribution is 2.34. The van der Waals surface area contributed by atoms with E-state index in [2.05, 4.69) is 10.4 Å². The van der Waals surface area contributed by atoms with Crippen LogP contribution < -0.4 is 15.7 Å². The van der Waals surface area contributed by atoms with Gasteiger partial charge in [-0.15, -0.1) is 0 Å². The number of benzene rings is 1. The van der Waals surface area contributed by atoms with Crippen molar-refractivity contribution >= 4 is 34.5 Å². The van der Waals surface area contributed by atoms with Crippen molar-refractivity contribution in [2.45, 2.75) is 25.4 Å². The quantitative estimate of drug-likeness (QED) is 0.695. The number of aromatic nitrogens is 2. The second kappa shape index (κ2) is 6.77. The van der Waals surface area contributed by atoms with E-state index in [1.807, 2.05) is 20.0 Å². The molecule has 0 radical (unpaired) electrons. The maximum Gasteiger partial charge on any atom is 0.339 e. The van der Waals surface area contributed by atoms with Gasteiger partial charge in [-0.05, 0) is 31.5 Å². The third-order valence-electron chi connectivity index (χ3n) is 4.77. The molecule has 4 rings (SSSR count). The van der Waals surface area contributed by atoms with Crippen LogP contribution in [0.2, 0.25) is 0 Å². The van der Waals surface area contributed by atoms with E-state index in [0.29, 0.717) is 16.9 Å². The molecule has 0 saturated heterocycles. The fraction of sp³-hybridized carbons (Fsp3) is 0.316. The molecule has 140 valence electrons. The van der Waals surface area contributed by atoms with Gasteiger partial charge in [0.05, 0.1) is 5.69 Å². The molecule has 27 heavy (non-hydrogen) atoms. The van der Waals surface area contributed by atoms with Crippen LogP contribution in [0.3, 0.4) is 0 Å². The Hall–Kier alpha value is -2.74. The number of amides is 1. The molecule has 1 aliphatic heterocycles. The lowest BCUT2D eigenvalue weighted by Crippen LogP contribution is -2.22. The summed E-state index contributed by atoms with van der Waals surface area (Å²) < 4.78 is 12.6.